The summed E-state index contributed by atoms with van der Waals surface area (Å²) in [7, 11) is 0. The summed E-state index contributed by atoms with van der Waals surface area (Å²) in [4.78, 5) is 17.6. The number of hydrogen-bond acceptors (Lipinski definition) is 5. The lowest BCUT2D eigenvalue weighted by Crippen LogP contribution is -2.14. The third-order valence-electron chi connectivity index (χ3n) is 6.14. The molecule has 8 heteroatoms. The molecule has 1 aromatic carbocycles. The Kier molecular flexibility index (Phi) is 5.38. The van der Waals surface area contributed by atoms with Crippen molar-refractivity contribution in [3.8, 4) is 16.5 Å². The van der Waals surface area contributed by atoms with Gasteiger partial charge in [0.1, 0.15) is 5.82 Å². The van der Waals surface area contributed by atoms with Gasteiger partial charge >= 0.3 is 0 Å². The Balaban J connectivity index is 1.45. The van der Waals surface area contributed by atoms with Crippen molar-refractivity contribution in [3.63, 3.8) is 0 Å². The van der Waals surface area contributed by atoms with Gasteiger partial charge in [-0.15, -0.1) is 21.5 Å². The van der Waals surface area contributed by atoms with Crippen molar-refractivity contribution in [2.45, 2.75) is 53.0 Å². The van der Waals surface area contributed by atoms with E-state index in [0.29, 0.717) is 5.56 Å². The molecular weight excluding hydrogens is 420 g/mol. The number of amides is 1. The number of nitrogens with one attached hydrogen (secondary N) is 1. The number of hydrogen-bond donors (Lipinski definition) is 1. The summed E-state index contributed by atoms with van der Waals surface area (Å²) in [6, 6.07) is 8.02. The first-order valence-electron chi connectivity index (χ1n) is 11.0. The Bertz CT molecular complexity index is 1280. The molecule has 164 valence electrons. The summed E-state index contributed by atoms with van der Waals surface area (Å²) < 4.78 is 4.25. The molecule has 4 aromatic rings. The minimum atomic E-state index is -0.124. The topological polar surface area (TPSA) is 77.6 Å². The van der Waals surface area contributed by atoms with E-state index in [1.54, 1.807) is 17.5 Å². The van der Waals surface area contributed by atoms with Crippen molar-refractivity contribution in [2.75, 3.05) is 5.32 Å². The minimum absolute atomic E-state index is 0.124. The van der Waals surface area contributed by atoms with Gasteiger partial charge in [-0.2, -0.15) is 0 Å². The van der Waals surface area contributed by atoms with Crippen LogP contribution in [0, 0.1) is 20.8 Å². The monoisotopic (exact) mass is 446 g/mol. The minimum Gasteiger partial charge on any atom is -0.322 e. The standard InChI is InChI=1S/C24H26N6OS/c1-15-8-9-18(22-28-27-21-7-5-4-6-11-29(21)22)14-20(15)26-23(31)19-13-16(2)30(17(19)3)24-25-10-12-32-24/h8-10,12-14H,4-7,11H2,1-3H3,(H,26,31). The quantitative estimate of drug-likeness (QED) is 0.473. The highest BCUT2D eigenvalue weighted by Crippen LogP contribution is 2.28. The average molecular weight is 447 g/mol. The molecule has 4 heterocycles. The van der Waals surface area contributed by atoms with Crippen LogP contribution in [-0.2, 0) is 13.0 Å². The Morgan fingerprint density at radius 1 is 1.09 bits per heavy atom. The van der Waals surface area contributed by atoms with Crippen molar-refractivity contribution in [1.29, 1.82) is 0 Å². The van der Waals surface area contributed by atoms with Crippen LogP contribution in [0.25, 0.3) is 16.5 Å². The van der Waals surface area contributed by atoms with Crippen LogP contribution in [0.3, 0.4) is 0 Å². The van der Waals surface area contributed by atoms with Crippen molar-refractivity contribution in [2.24, 2.45) is 0 Å². The molecule has 3 aromatic heterocycles. The number of carbonyl (C=O) groups excluding carboxylic acids is 1. The molecule has 0 spiro atoms. The fourth-order valence-corrected chi connectivity index (χ4v) is 5.15. The van der Waals surface area contributed by atoms with E-state index in [4.69, 9.17) is 0 Å². The van der Waals surface area contributed by atoms with Crippen LogP contribution in [0.15, 0.2) is 35.8 Å². The van der Waals surface area contributed by atoms with Crippen LogP contribution < -0.4 is 5.32 Å². The Labute approximate surface area is 191 Å². The third kappa shape index (κ3) is 3.64. The molecule has 0 fully saturated rings. The summed E-state index contributed by atoms with van der Waals surface area (Å²) in [6.07, 6.45) is 6.27. The number of fused-ring (bicyclic) bond motifs is 1. The highest BCUT2D eigenvalue weighted by atomic mass is 32.1. The lowest BCUT2D eigenvalue weighted by atomic mass is 10.1. The number of rotatable bonds is 4. The average Bonchev–Trinajstić information content (AvgIpc) is 3.46. The van der Waals surface area contributed by atoms with E-state index in [2.05, 4.69) is 31.1 Å². The molecule has 1 aliphatic rings. The molecule has 0 radical (unpaired) electrons. The SMILES string of the molecule is Cc1ccc(-c2nnc3n2CCCCC3)cc1NC(=O)c1cc(C)n(-c2nccs2)c1C. The maximum absolute atomic E-state index is 13.2. The first-order valence-corrected chi connectivity index (χ1v) is 11.8. The van der Waals surface area contributed by atoms with Gasteiger partial charge in [0.2, 0.25) is 0 Å². The van der Waals surface area contributed by atoms with Gasteiger partial charge in [-0.3, -0.25) is 9.36 Å². The molecule has 0 saturated heterocycles. The van der Waals surface area contributed by atoms with Crippen molar-refractivity contribution in [3.05, 3.63) is 64.2 Å². The Hall–Kier alpha value is -3.26. The Morgan fingerprint density at radius 2 is 1.97 bits per heavy atom. The number of carbonyl (C=O) groups is 1. The zero-order chi connectivity index (χ0) is 22.2. The molecule has 32 heavy (non-hydrogen) atoms. The first-order chi connectivity index (χ1) is 15.5. The van der Waals surface area contributed by atoms with Gasteiger partial charge in [-0.25, -0.2) is 4.98 Å². The molecule has 0 atom stereocenters. The van der Waals surface area contributed by atoms with Gasteiger partial charge < -0.3 is 9.88 Å². The first kappa shape index (κ1) is 20.6. The van der Waals surface area contributed by atoms with E-state index in [0.717, 1.165) is 70.8 Å². The summed E-state index contributed by atoms with van der Waals surface area (Å²) in [5.41, 5.74) is 5.29. The van der Waals surface area contributed by atoms with E-state index in [-0.39, 0.29) is 5.91 Å². The van der Waals surface area contributed by atoms with Crippen molar-refractivity contribution >= 4 is 22.9 Å². The van der Waals surface area contributed by atoms with E-state index < -0.39 is 0 Å². The highest BCUT2D eigenvalue weighted by molar-refractivity contribution is 7.12. The van der Waals surface area contributed by atoms with Gasteiger partial charge in [0.25, 0.3) is 5.91 Å². The zero-order valence-electron chi connectivity index (χ0n) is 18.6. The van der Waals surface area contributed by atoms with E-state index in [1.165, 1.54) is 6.42 Å². The summed E-state index contributed by atoms with van der Waals surface area (Å²) in [5.74, 6) is 1.80. The number of aryl methyl sites for hydroxylation is 3. The maximum Gasteiger partial charge on any atom is 0.257 e. The second-order valence-electron chi connectivity index (χ2n) is 8.32. The van der Waals surface area contributed by atoms with Crippen LogP contribution >= 0.6 is 11.3 Å². The molecule has 0 saturated carbocycles. The van der Waals surface area contributed by atoms with Crippen LogP contribution in [0.4, 0.5) is 5.69 Å². The largest absolute Gasteiger partial charge is 0.322 e. The Morgan fingerprint density at radius 3 is 2.78 bits per heavy atom. The third-order valence-corrected chi connectivity index (χ3v) is 6.90. The van der Waals surface area contributed by atoms with Gasteiger partial charge in [0.15, 0.2) is 11.0 Å². The molecule has 1 amide bonds. The molecule has 1 aliphatic heterocycles. The fraction of sp³-hybridized carbons (Fsp3) is 0.333. The molecule has 0 bridgehead atoms. The van der Waals surface area contributed by atoms with Crippen LogP contribution in [0.1, 0.15) is 52.4 Å². The van der Waals surface area contributed by atoms with Crippen LogP contribution in [-0.4, -0.2) is 30.2 Å². The number of thiazole rings is 1. The molecule has 0 aliphatic carbocycles. The lowest BCUT2D eigenvalue weighted by Gasteiger charge is -2.12. The van der Waals surface area contributed by atoms with Crippen molar-refractivity contribution in [1.82, 2.24) is 24.3 Å². The second-order valence-corrected chi connectivity index (χ2v) is 9.19. The van der Waals surface area contributed by atoms with Gasteiger partial charge in [-0.1, -0.05) is 18.6 Å². The fourth-order valence-electron chi connectivity index (χ4n) is 4.40. The van der Waals surface area contributed by atoms with Gasteiger partial charge in [-0.05, 0) is 51.3 Å². The normalized spacial score (nSPS) is 13.6. The summed E-state index contributed by atoms with van der Waals surface area (Å²) in [5, 5.41) is 14.8. The number of aromatic nitrogens is 5. The van der Waals surface area contributed by atoms with Crippen LogP contribution in [0.2, 0.25) is 0 Å². The molecule has 5 rings (SSSR count). The van der Waals surface area contributed by atoms with E-state index in [1.807, 2.05) is 48.9 Å². The lowest BCUT2D eigenvalue weighted by molar-refractivity contribution is 0.102. The van der Waals surface area contributed by atoms with Gasteiger partial charge in [0, 0.05) is 47.2 Å². The summed E-state index contributed by atoms with van der Waals surface area (Å²) >= 11 is 1.55. The zero-order valence-corrected chi connectivity index (χ0v) is 19.4. The molecular formula is C24H26N6OS. The van der Waals surface area contributed by atoms with Crippen LogP contribution in [0.5, 0.6) is 0 Å². The number of benzene rings is 1. The van der Waals surface area contributed by atoms with Gasteiger partial charge in [0.05, 0.1) is 5.56 Å². The maximum atomic E-state index is 13.2. The predicted molar refractivity (Wildman–Crippen MR) is 127 cm³/mol. The highest BCUT2D eigenvalue weighted by Gasteiger charge is 2.20. The van der Waals surface area contributed by atoms with Crippen molar-refractivity contribution < 1.29 is 4.79 Å². The predicted octanol–water partition coefficient (Wildman–Crippen LogP) is 5.10. The summed E-state index contributed by atoms with van der Waals surface area (Å²) in [6.45, 7) is 6.89. The number of nitrogens with zero attached hydrogens (tertiary/aromatic N) is 5. The molecule has 7 nitrogen and oxygen atoms in total. The molecule has 1 N–H and O–H groups in total. The van der Waals surface area contributed by atoms with E-state index in [9.17, 15) is 4.79 Å². The smallest absolute Gasteiger partial charge is 0.257 e. The molecule has 0 unspecified atom stereocenters. The number of anilines is 1. The second kappa shape index (κ2) is 8.35. The van der Waals surface area contributed by atoms with E-state index >= 15 is 0 Å².